The number of unbranched alkanes of at least 4 members (excludes halogenated alkanes) is 5. The van der Waals surface area contributed by atoms with Gasteiger partial charge in [0.15, 0.2) is 0 Å². The van der Waals surface area contributed by atoms with Gasteiger partial charge in [0.2, 0.25) is 0 Å². The van der Waals surface area contributed by atoms with Crippen molar-refractivity contribution in [2.24, 2.45) is 0 Å². The Labute approximate surface area is 106 Å². The molecule has 0 saturated carbocycles. The molecule has 0 atom stereocenters. The highest BCUT2D eigenvalue weighted by molar-refractivity contribution is 5.13. The molecule has 2 nitrogen and oxygen atoms in total. The van der Waals surface area contributed by atoms with Crippen LogP contribution in [0.2, 0.25) is 0 Å². The van der Waals surface area contributed by atoms with Gasteiger partial charge in [0.05, 0.1) is 0 Å². The Morgan fingerprint density at radius 1 is 0.824 bits per heavy atom. The summed E-state index contributed by atoms with van der Waals surface area (Å²) in [6.07, 6.45) is 8.12. The number of benzene rings is 1. The largest absolute Gasteiger partial charge is 0.258 e. The van der Waals surface area contributed by atoms with Gasteiger partial charge in [0.1, 0.15) is 0 Å². The van der Waals surface area contributed by atoms with Crippen LogP contribution in [0.5, 0.6) is 0 Å². The van der Waals surface area contributed by atoms with E-state index in [1.807, 2.05) is 6.07 Å². The molecule has 0 unspecified atom stereocenters. The summed E-state index contributed by atoms with van der Waals surface area (Å²) < 4.78 is 0. The summed E-state index contributed by atoms with van der Waals surface area (Å²) in [5.74, 6) is 0. The van der Waals surface area contributed by atoms with E-state index in [0.29, 0.717) is 0 Å². The fraction of sp³-hybridized carbons (Fsp3) is 0.600. The monoisotopic (exact) mass is 234 g/mol. The van der Waals surface area contributed by atoms with Crippen molar-refractivity contribution in [3.05, 3.63) is 35.9 Å². The SMILES string of the molecule is CCCCCCCCNNCc1ccccc1. The van der Waals surface area contributed by atoms with Gasteiger partial charge in [-0.3, -0.25) is 10.9 Å². The molecular formula is C15H26N2. The molecule has 1 aromatic carbocycles. The maximum atomic E-state index is 3.27. The van der Waals surface area contributed by atoms with Crippen LogP contribution in [0.1, 0.15) is 51.0 Å². The number of rotatable bonds is 10. The lowest BCUT2D eigenvalue weighted by molar-refractivity contribution is 0.499. The fourth-order valence-corrected chi connectivity index (χ4v) is 1.84. The average molecular weight is 234 g/mol. The lowest BCUT2D eigenvalue weighted by atomic mass is 10.1. The van der Waals surface area contributed by atoms with E-state index in [4.69, 9.17) is 0 Å². The van der Waals surface area contributed by atoms with Crippen LogP contribution in [-0.2, 0) is 6.54 Å². The molecule has 0 aliphatic carbocycles. The standard InChI is InChI=1S/C15H26N2/c1-2-3-4-5-6-10-13-16-17-14-15-11-8-7-9-12-15/h7-9,11-12,16-17H,2-6,10,13-14H2,1H3. The number of hydrazine groups is 1. The predicted molar refractivity (Wildman–Crippen MR) is 74.7 cm³/mol. The van der Waals surface area contributed by atoms with E-state index in [0.717, 1.165) is 13.1 Å². The maximum absolute atomic E-state index is 3.27. The summed E-state index contributed by atoms with van der Waals surface area (Å²) in [6, 6.07) is 10.5. The fourth-order valence-electron chi connectivity index (χ4n) is 1.84. The zero-order valence-corrected chi connectivity index (χ0v) is 11.0. The zero-order valence-electron chi connectivity index (χ0n) is 11.0. The molecule has 0 aliphatic heterocycles. The van der Waals surface area contributed by atoms with Gasteiger partial charge in [-0.1, -0.05) is 69.4 Å². The van der Waals surface area contributed by atoms with Gasteiger partial charge in [-0.05, 0) is 12.0 Å². The second-order valence-electron chi connectivity index (χ2n) is 4.53. The van der Waals surface area contributed by atoms with Gasteiger partial charge < -0.3 is 0 Å². The first-order chi connectivity index (χ1) is 8.43. The Bertz CT molecular complexity index is 259. The van der Waals surface area contributed by atoms with Crippen molar-refractivity contribution in [3.63, 3.8) is 0 Å². The van der Waals surface area contributed by atoms with E-state index in [2.05, 4.69) is 42.0 Å². The highest BCUT2D eigenvalue weighted by Crippen LogP contribution is 2.03. The molecule has 0 saturated heterocycles. The van der Waals surface area contributed by atoms with E-state index in [1.54, 1.807) is 0 Å². The molecule has 2 N–H and O–H groups in total. The second kappa shape index (κ2) is 10.3. The lowest BCUT2D eigenvalue weighted by Gasteiger charge is -2.06. The molecule has 1 rings (SSSR count). The van der Waals surface area contributed by atoms with E-state index in [1.165, 1.54) is 44.1 Å². The minimum atomic E-state index is 0.899. The molecule has 96 valence electrons. The van der Waals surface area contributed by atoms with Crippen LogP contribution < -0.4 is 10.9 Å². The van der Waals surface area contributed by atoms with E-state index in [-0.39, 0.29) is 0 Å². The van der Waals surface area contributed by atoms with Crippen LogP contribution >= 0.6 is 0 Å². The first-order valence-corrected chi connectivity index (χ1v) is 6.93. The predicted octanol–water partition coefficient (Wildman–Crippen LogP) is 3.64. The maximum Gasteiger partial charge on any atom is 0.0351 e. The Morgan fingerprint density at radius 3 is 2.29 bits per heavy atom. The molecule has 17 heavy (non-hydrogen) atoms. The Morgan fingerprint density at radius 2 is 1.53 bits per heavy atom. The Kier molecular flexibility index (Phi) is 8.61. The second-order valence-corrected chi connectivity index (χ2v) is 4.53. The molecule has 1 aromatic rings. The van der Waals surface area contributed by atoms with Crippen molar-refractivity contribution in [1.29, 1.82) is 0 Å². The van der Waals surface area contributed by atoms with Crippen molar-refractivity contribution in [1.82, 2.24) is 10.9 Å². The normalized spacial score (nSPS) is 10.6. The third kappa shape index (κ3) is 7.94. The van der Waals surface area contributed by atoms with E-state index >= 15 is 0 Å². The van der Waals surface area contributed by atoms with Crippen LogP contribution in [0.15, 0.2) is 30.3 Å². The summed E-state index contributed by atoms with van der Waals surface area (Å²) in [5.41, 5.74) is 7.85. The van der Waals surface area contributed by atoms with Crippen LogP contribution in [0, 0.1) is 0 Å². The van der Waals surface area contributed by atoms with Crippen molar-refractivity contribution in [3.8, 4) is 0 Å². The van der Waals surface area contributed by atoms with Gasteiger partial charge in [-0.25, -0.2) is 0 Å². The van der Waals surface area contributed by atoms with Crippen molar-refractivity contribution >= 4 is 0 Å². The van der Waals surface area contributed by atoms with Gasteiger partial charge in [-0.15, -0.1) is 0 Å². The van der Waals surface area contributed by atoms with Crippen molar-refractivity contribution in [2.75, 3.05) is 6.54 Å². The van der Waals surface area contributed by atoms with Crippen molar-refractivity contribution < 1.29 is 0 Å². The number of hydrogen-bond donors (Lipinski definition) is 2. The number of nitrogens with one attached hydrogen (secondary N) is 2. The molecule has 0 aromatic heterocycles. The quantitative estimate of drug-likeness (QED) is 0.477. The Hall–Kier alpha value is -0.860. The summed E-state index contributed by atoms with van der Waals surface area (Å²) in [7, 11) is 0. The molecule has 0 fully saturated rings. The van der Waals surface area contributed by atoms with E-state index < -0.39 is 0 Å². The summed E-state index contributed by atoms with van der Waals surface area (Å²) in [4.78, 5) is 0. The van der Waals surface area contributed by atoms with Gasteiger partial charge in [0.25, 0.3) is 0 Å². The van der Waals surface area contributed by atoms with Crippen LogP contribution in [-0.4, -0.2) is 6.54 Å². The number of hydrogen-bond acceptors (Lipinski definition) is 2. The van der Waals surface area contributed by atoms with Gasteiger partial charge in [0, 0.05) is 13.1 Å². The molecule has 0 aliphatic rings. The highest BCUT2D eigenvalue weighted by Gasteiger charge is 1.91. The van der Waals surface area contributed by atoms with Crippen LogP contribution in [0.4, 0.5) is 0 Å². The third-order valence-corrected chi connectivity index (χ3v) is 2.92. The molecule has 2 heteroatoms. The van der Waals surface area contributed by atoms with Crippen LogP contribution in [0.3, 0.4) is 0 Å². The minimum absolute atomic E-state index is 0.899. The highest BCUT2D eigenvalue weighted by atomic mass is 15.3. The third-order valence-electron chi connectivity index (χ3n) is 2.92. The topological polar surface area (TPSA) is 24.1 Å². The molecule has 0 amide bonds. The summed E-state index contributed by atoms with van der Waals surface area (Å²) in [6.45, 7) is 4.23. The average Bonchev–Trinajstić information content (AvgIpc) is 2.38. The van der Waals surface area contributed by atoms with Gasteiger partial charge >= 0.3 is 0 Å². The molecule has 0 heterocycles. The first-order valence-electron chi connectivity index (χ1n) is 6.93. The summed E-state index contributed by atoms with van der Waals surface area (Å²) >= 11 is 0. The molecular weight excluding hydrogens is 208 g/mol. The lowest BCUT2D eigenvalue weighted by Crippen LogP contribution is -2.31. The molecule has 0 bridgehead atoms. The summed E-state index contributed by atoms with van der Waals surface area (Å²) in [5, 5.41) is 0. The molecule has 0 radical (unpaired) electrons. The smallest absolute Gasteiger partial charge is 0.0351 e. The Balaban J connectivity index is 1.85. The zero-order chi connectivity index (χ0) is 12.2. The molecule has 0 spiro atoms. The minimum Gasteiger partial charge on any atom is -0.258 e. The van der Waals surface area contributed by atoms with Gasteiger partial charge in [-0.2, -0.15) is 0 Å². The first kappa shape index (κ1) is 14.2. The van der Waals surface area contributed by atoms with Crippen molar-refractivity contribution in [2.45, 2.75) is 52.0 Å². The van der Waals surface area contributed by atoms with E-state index in [9.17, 15) is 0 Å². The van der Waals surface area contributed by atoms with Crippen LogP contribution in [0.25, 0.3) is 0 Å².